The van der Waals surface area contributed by atoms with Gasteiger partial charge in [0.25, 0.3) is 0 Å². The third-order valence-electron chi connectivity index (χ3n) is 5.02. The summed E-state index contributed by atoms with van der Waals surface area (Å²) in [6.45, 7) is 5.19. The zero-order chi connectivity index (χ0) is 21.3. The number of aromatic nitrogens is 1. The average Bonchev–Trinajstić information content (AvgIpc) is 2.65. The van der Waals surface area contributed by atoms with E-state index in [0.29, 0.717) is 28.4 Å². The van der Waals surface area contributed by atoms with Gasteiger partial charge in [-0.2, -0.15) is 13.2 Å². The van der Waals surface area contributed by atoms with E-state index in [9.17, 15) is 18.3 Å². The van der Waals surface area contributed by atoms with E-state index >= 15 is 0 Å². The summed E-state index contributed by atoms with van der Waals surface area (Å²) in [6, 6.07) is 17.5. The maximum atomic E-state index is 13.9. The minimum absolute atomic E-state index is 0.329. The molecule has 2 aromatic carbocycles. The molecule has 152 valence electrons. The number of benzene rings is 2. The Morgan fingerprint density at radius 2 is 1.66 bits per heavy atom. The summed E-state index contributed by atoms with van der Waals surface area (Å²) in [4.78, 5) is 8.42. The Morgan fingerprint density at radius 3 is 2.31 bits per heavy atom. The first-order chi connectivity index (χ1) is 13.5. The van der Waals surface area contributed by atoms with Gasteiger partial charge in [-0.1, -0.05) is 50.2 Å². The molecule has 3 rings (SSSR count). The van der Waals surface area contributed by atoms with E-state index < -0.39 is 23.6 Å². The molecule has 0 bridgehead atoms. The Hall–Kier alpha value is -2.73. The van der Waals surface area contributed by atoms with Gasteiger partial charge >= 0.3 is 6.18 Å². The summed E-state index contributed by atoms with van der Waals surface area (Å²) in [5, 5.41) is 11.3. The van der Waals surface area contributed by atoms with Crippen LogP contribution in [0.5, 0.6) is 0 Å². The molecule has 0 amide bonds. The number of pyridine rings is 1. The van der Waals surface area contributed by atoms with Crippen LogP contribution in [0.15, 0.2) is 65.7 Å². The lowest BCUT2D eigenvalue weighted by Gasteiger charge is -2.35. The molecule has 1 unspecified atom stereocenters. The van der Waals surface area contributed by atoms with Gasteiger partial charge in [0.2, 0.25) is 0 Å². The number of fused-ring (bicyclic) bond motifs is 1. The van der Waals surface area contributed by atoms with Crippen LogP contribution in [0.2, 0.25) is 0 Å². The van der Waals surface area contributed by atoms with Gasteiger partial charge in [0.15, 0.2) is 5.60 Å². The topological polar surface area (TPSA) is 45.5 Å². The number of halogens is 3. The highest BCUT2D eigenvalue weighted by atomic mass is 19.4. The molecule has 3 aromatic rings. The van der Waals surface area contributed by atoms with Crippen molar-refractivity contribution in [3.63, 3.8) is 0 Å². The fourth-order valence-electron chi connectivity index (χ4n) is 3.41. The van der Waals surface area contributed by atoms with Crippen molar-refractivity contribution in [2.24, 2.45) is 4.99 Å². The molecule has 0 fully saturated rings. The van der Waals surface area contributed by atoms with Crippen molar-refractivity contribution in [2.75, 3.05) is 0 Å². The molecule has 29 heavy (non-hydrogen) atoms. The lowest BCUT2D eigenvalue weighted by atomic mass is 9.75. The first-order valence-corrected chi connectivity index (χ1v) is 9.28. The molecule has 1 heterocycles. The fourth-order valence-corrected chi connectivity index (χ4v) is 3.41. The molecule has 0 aliphatic rings. The summed E-state index contributed by atoms with van der Waals surface area (Å²) >= 11 is 0. The van der Waals surface area contributed by atoms with Gasteiger partial charge < -0.3 is 5.11 Å². The Labute approximate surface area is 167 Å². The number of rotatable bonds is 5. The second-order valence-electron chi connectivity index (χ2n) is 7.90. The van der Waals surface area contributed by atoms with Crippen LogP contribution >= 0.6 is 0 Å². The normalized spacial score (nSPS) is 15.0. The van der Waals surface area contributed by atoms with E-state index in [0.717, 1.165) is 5.69 Å². The van der Waals surface area contributed by atoms with Gasteiger partial charge in [-0.15, -0.1) is 0 Å². The van der Waals surface area contributed by atoms with Gasteiger partial charge in [-0.05, 0) is 48.6 Å². The molecule has 6 heteroatoms. The second kappa shape index (κ2) is 7.59. The van der Waals surface area contributed by atoms with Crippen LogP contribution < -0.4 is 0 Å². The van der Waals surface area contributed by atoms with E-state index in [-0.39, 0.29) is 0 Å². The van der Waals surface area contributed by atoms with Crippen LogP contribution in [0.4, 0.5) is 18.9 Å². The monoisotopic (exact) mass is 400 g/mol. The smallest absolute Gasteiger partial charge is 0.376 e. The fraction of sp³-hybridized carbons (Fsp3) is 0.304. The lowest BCUT2D eigenvalue weighted by molar-refractivity contribution is -0.234. The average molecular weight is 400 g/mol. The van der Waals surface area contributed by atoms with Crippen molar-refractivity contribution >= 4 is 22.8 Å². The lowest BCUT2D eigenvalue weighted by Crippen LogP contribution is -2.50. The van der Waals surface area contributed by atoms with Crippen LogP contribution in [0, 0.1) is 6.92 Å². The standard InChI is InChI=1S/C23H23F3N2O/c1-16-12-13-18-19(10-7-11-20(18)28-16)27-15-22(29,23(24,25)26)14-21(2,3)17-8-5-4-6-9-17/h4-13,15,29H,14H2,1-3H3. The zero-order valence-corrected chi connectivity index (χ0v) is 16.5. The molecule has 3 nitrogen and oxygen atoms in total. The number of hydrogen-bond acceptors (Lipinski definition) is 3. The third kappa shape index (κ3) is 4.48. The van der Waals surface area contributed by atoms with Crippen molar-refractivity contribution in [1.82, 2.24) is 4.98 Å². The minimum Gasteiger partial charge on any atom is -0.376 e. The molecule has 0 saturated carbocycles. The second-order valence-corrected chi connectivity index (χ2v) is 7.90. The molecular weight excluding hydrogens is 377 g/mol. The van der Waals surface area contributed by atoms with Crippen LogP contribution in [0.25, 0.3) is 10.9 Å². The van der Waals surface area contributed by atoms with Crippen molar-refractivity contribution in [3.8, 4) is 0 Å². The van der Waals surface area contributed by atoms with E-state index in [1.54, 1.807) is 74.5 Å². The molecule has 1 aromatic heterocycles. The first kappa shape index (κ1) is 21.0. The van der Waals surface area contributed by atoms with Crippen LogP contribution in [0.3, 0.4) is 0 Å². The molecule has 1 N–H and O–H groups in total. The molecule has 0 aliphatic heterocycles. The van der Waals surface area contributed by atoms with Crippen LogP contribution in [-0.2, 0) is 5.41 Å². The number of hydrogen-bond donors (Lipinski definition) is 1. The van der Waals surface area contributed by atoms with Gasteiger partial charge in [0.1, 0.15) is 0 Å². The molecule has 0 aliphatic carbocycles. The largest absolute Gasteiger partial charge is 0.422 e. The number of aliphatic hydroxyl groups is 1. The van der Waals surface area contributed by atoms with Crippen LogP contribution in [-0.4, -0.2) is 28.1 Å². The van der Waals surface area contributed by atoms with E-state index in [2.05, 4.69) is 9.98 Å². The van der Waals surface area contributed by atoms with Crippen molar-refractivity contribution in [1.29, 1.82) is 0 Å². The van der Waals surface area contributed by atoms with E-state index in [1.807, 2.05) is 6.92 Å². The third-order valence-corrected chi connectivity index (χ3v) is 5.02. The minimum atomic E-state index is -4.87. The quantitative estimate of drug-likeness (QED) is 0.542. The SMILES string of the molecule is Cc1ccc2c(N=CC(O)(CC(C)(C)c3ccccc3)C(F)(F)F)cccc2n1. The van der Waals surface area contributed by atoms with Gasteiger partial charge in [-0.3, -0.25) is 9.98 Å². The summed E-state index contributed by atoms with van der Waals surface area (Å²) in [5.74, 6) is 0. The van der Waals surface area contributed by atoms with E-state index in [1.165, 1.54) is 0 Å². The van der Waals surface area contributed by atoms with Crippen molar-refractivity contribution in [3.05, 3.63) is 71.9 Å². The molecule has 0 radical (unpaired) electrons. The Balaban J connectivity index is 2.00. The predicted molar refractivity (Wildman–Crippen MR) is 110 cm³/mol. The maximum absolute atomic E-state index is 13.9. The number of nitrogens with zero attached hydrogens (tertiary/aromatic N) is 2. The number of alkyl halides is 3. The molecule has 0 spiro atoms. The Morgan fingerprint density at radius 1 is 0.966 bits per heavy atom. The highest BCUT2D eigenvalue weighted by molar-refractivity contribution is 5.92. The number of aliphatic imine (C=N–C) groups is 1. The van der Waals surface area contributed by atoms with Gasteiger partial charge in [0.05, 0.1) is 11.2 Å². The van der Waals surface area contributed by atoms with Crippen molar-refractivity contribution < 1.29 is 18.3 Å². The zero-order valence-electron chi connectivity index (χ0n) is 16.5. The summed E-state index contributed by atoms with van der Waals surface area (Å²) in [6.07, 6.45) is -4.81. The maximum Gasteiger partial charge on any atom is 0.422 e. The highest BCUT2D eigenvalue weighted by Crippen LogP contribution is 2.40. The molecule has 0 saturated heterocycles. The first-order valence-electron chi connectivity index (χ1n) is 9.28. The highest BCUT2D eigenvalue weighted by Gasteiger charge is 2.55. The Kier molecular flexibility index (Phi) is 5.50. The van der Waals surface area contributed by atoms with Crippen LogP contribution in [0.1, 0.15) is 31.5 Å². The van der Waals surface area contributed by atoms with Gasteiger partial charge in [0, 0.05) is 17.3 Å². The molecule has 1 atom stereocenters. The van der Waals surface area contributed by atoms with Gasteiger partial charge in [-0.25, -0.2) is 0 Å². The number of aryl methyl sites for hydroxylation is 1. The Bertz CT molecular complexity index is 1030. The summed E-state index contributed by atoms with van der Waals surface area (Å²) in [7, 11) is 0. The van der Waals surface area contributed by atoms with E-state index in [4.69, 9.17) is 0 Å². The summed E-state index contributed by atoms with van der Waals surface area (Å²) in [5.41, 5.74) is -1.52. The molecular formula is C23H23F3N2O. The summed E-state index contributed by atoms with van der Waals surface area (Å²) < 4.78 is 41.6. The van der Waals surface area contributed by atoms with Crippen molar-refractivity contribution in [2.45, 2.75) is 44.4 Å². The predicted octanol–water partition coefficient (Wildman–Crippen LogP) is 5.91.